The molecule has 3 aromatic carbocycles. The highest BCUT2D eigenvalue weighted by molar-refractivity contribution is 7.92. The number of nitrogens with zero attached hydrogens (tertiary/aromatic N) is 2. The van der Waals surface area contributed by atoms with Crippen molar-refractivity contribution in [2.45, 2.75) is 11.8 Å². The van der Waals surface area contributed by atoms with E-state index in [2.05, 4.69) is 5.32 Å². The normalized spacial score (nSPS) is 10.9. The van der Waals surface area contributed by atoms with Gasteiger partial charge in [-0.2, -0.15) is 0 Å². The first kappa shape index (κ1) is 24.4. The molecule has 3 rings (SSSR count). The van der Waals surface area contributed by atoms with Crippen LogP contribution in [0.2, 0.25) is 0 Å². The predicted molar refractivity (Wildman–Crippen MR) is 125 cm³/mol. The Hall–Kier alpha value is -4.25. The van der Waals surface area contributed by atoms with Gasteiger partial charge in [0.15, 0.2) is 6.61 Å². The second-order valence-electron chi connectivity index (χ2n) is 6.96. The Balaban J connectivity index is 1.69. The summed E-state index contributed by atoms with van der Waals surface area (Å²) in [5, 5.41) is 13.2. The van der Waals surface area contributed by atoms with Gasteiger partial charge < -0.3 is 10.1 Å². The molecule has 0 saturated heterocycles. The predicted octanol–water partition coefficient (Wildman–Crippen LogP) is 3.61. The molecular weight excluding hydrogens is 462 g/mol. The van der Waals surface area contributed by atoms with E-state index >= 15 is 0 Å². The fourth-order valence-corrected chi connectivity index (χ4v) is 4.63. The van der Waals surface area contributed by atoms with Crippen molar-refractivity contribution in [3.8, 4) is 0 Å². The molecular formula is C23H21N3O7S. The maximum absolute atomic E-state index is 13.1. The van der Waals surface area contributed by atoms with E-state index in [1.165, 1.54) is 52.8 Å². The molecule has 10 nitrogen and oxygen atoms in total. The number of rotatable bonds is 9. The average molecular weight is 484 g/mol. The Morgan fingerprint density at radius 2 is 1.71 bits per heavy atom. The molecule has 0 atom stereocenters. The minimum Gasteiger partial charge on any atom is -0.452 e. The smallest absolute Gasteiger partial charge is 0.338 e. The number of amides is 1. The zero-order valence-electron chi connectivity index (χ0n) is 18.1. The number of nitro benzene ring substituents is 1. The molecule has 0 unspecified atom stereocenters. The number of benzene rings is 3. The van der Waals surface area contributed by atoms with Crippen molar-refractivity contribution in [2.75, 3.05) is 22.8 Å². The van der Waals surface area contributed by atoms with E-state index in [9.17, 15) is 28.1 Å². The lowest BCUT2D eigenvalue weighted by atomic mass is 10.2. The Labute approximate surface area is 196 Å². The molecule has 1 N–H and O–H groups in total. The van der Waals surface area contributed by atoms with E-state index in [-0.39, 0.29) is 28.4 Å². The number of nitrogens with one attached hydrogen (secondary N) is 1. The van der Waals surface area contributed by atoms with E-state index < -0.39 is 33.4 Å². The van der Waals surface area contributed by atoms with Crippen LogP contribution in [0.25, 0.3) is 0 Å². The molecule has 0 aliphatic heterocycles. The van der Waals surface area contributed by atoms with E-state index in [4.69, 9.17) is 4.74 Å². The third kappa shape index (κ3) is 5.75. The Morgan fingerprint density at radius 1 is 1.00 bits per heavy atom. The van der Waals surface area contributed by atoms with Crippen LogP contribution in [0.3, 0.4) is 0 Å². The largest absolute Gasteiger partial charge is 0.452 e. The number of hydrogen-bond acceptors (Lipinski definition) is 7. The molecule has 0 aliphatic rings. The summed E-state index contributed by atoms with van der Waals surface area (Å²) < 4.78 is 32.5. The third-order valence-corrected chi connectivity index (χ3v) is 6.56. The van der Waals surface area contributed by atoms with E-state index in [0.29, 0.717) is 5.69 Å². The summed E-state index contributed by atoms with van der Waals surface area (Å²) in [6, 6.07) is 19.2. The summed E-state index contributed by atoms with van der Waals surface area (Å²) in [4.78, 5) is 34.6. The van der Waals surface area contributed by atoms with Gasteiger partial charge in [0.25, 0.3) is 21.6 Å². The number of para-hydroxylation sites is 1. The highest BCUT2D eigenvalue weighted by Gasteiger charge is 2.24. The molecule has 1 amide bonds. The lowest BCUT2D eigenvalue weighted by molar-refractivity contribution is -0.384. The van der Waals surface area contributed by atoms with Gasteiger partial charge in [-0.15, -0.1) is 0 Å². The summed E-state index contributed by atoms with van der Waals surface area (Å²) >= 11 is 0. The standard InChI is InChI=1S/C23H21N3O7S/c1-2-25(19-10-4-3-5-11-19)34(31,32)21-13-6-8-17(14-21)23(28)33-16-22(27)24-18-9-7-12-20(15-18)26(29)30/h3-15H,2,16H2,1H3,(H,24,27). The molecule has 3 aromatic rings. The summed E-state index contributed by atoms with van der Waals surface area (Å²) in [6.45, 7) is 1.21. The second-order valence-corrected chi connectivity index (χ2v) is 8.83. The van der Waals surface area contributed by atoms with Crippen LogP contribution in [0.15, 0.2) is 83.8 Å². The zero-order valence-corrected chi connectivity index (χ0v) is 18.9. The fraction of sp³-hybridized carbons (Fsp3) is 0.130. The van der Waals surface area contributed by atoms with Crippen LogP contribution in [-0.2, 0) is 19.6 Å². The molecule has 0 bridgehead atoms. The van der Waals surface area contributed by atoms with E-state index in [1.807, 2.05) is 0 Å². The topological polar surface area (TPSA) is 136 Å². The van der Waals surface area contributed by atoms with E-state index in [1.54, 1.807) is 37.3 Å². The summed E-state index contributed by atoms with van der Waals surface area (Å²) in [6.07, 6.45) is 0. The van der Waals surface area contributed by atoms with Gasteiger partial charge >= 0.3 is 5.97 Å². The maximum Gasteiger partial charge on any atom is 0.338 e. The molecule has 0 spiro atoms. The first-order valence-corrected chi connectivity index (χ1v) is 11.6. The summed E-state index contributed by atoms with van der Waals surface area (Å²) in [5.41, 5.74) is 0.400. The van der Waals surface area contributed by atoms with E-state index in [0.717, 1.165) is 0 Å². The van der Waals surface area contributed by atoms with Gasteiger partial charge in [0.05, 0.1) is 21.1 Å². The Morgan fingerprint density at radius 3 is 2.38 bits per heavy atom. The van der Waals surface area contributed by atoms with Crippen molar-refractivity contribution in [2.24, 2.45) is 0 Å². The third-order valence-electron chi connectivity index (χ3n) is 4.66. The summed E-state index contributed by atoms with van der Waals surface area (Å²) in [7, 11) is -3.95. The van der Waals surface area contributed by atoms with Crippen LogP contribution in [0.4, 0.5) is 17.1 Å². The lowest BCUT2D eigenvalue weighted by Crippen LogP contribution is -2.30. The first-order valence-electron chi connectivity index (χ1n) is 10.1. The SMILES string of the molecule is CCN(c1ccccc1)S(=O)(=O)c1cccc(C(=O)OCC(=O)Nc2cccc([N+](=O)[O-])c2)c1. The number of nitro groups is 1. The first-order chi connectivity index (χ1) is 16.2. The van der Waals surface area contributed by atoms with Gasteiger partial charge in [-0.05, 0) is 43.3 Å². The Bertz CT molecular complexity index is 1310. The number of non-ortho nitro benzene ring substituents is 1. The van der Waals surface area contributed by atoms with Gasteiger partial charge in [0, 0.05) is 24.4 Å². The molecule has 0 radical (unpaired) electrons. The number of ether oxygens (including phenoxy) is 1. The number of carbonyl (C=O) groups excluding carboxylic acids is 2. The van der Waals surface area contributed by atoms with Crippen molar-refractivity contribution in [3.63, 3.8) is 0 Å². The van der Waals surface area contributed by atoms with Gasteiger partial charge in [0.2, 0.25) is 0 Å². The molecule has 176 valence electrons. The van der Waals surface area contributed by atoms with Gasteiger partial charge in [-0.3, -0.25) is 19.2 Å². The minimum absolute atomic E-state index is 0.0478. The van der Waals surface area contributed by atoms with Gasteiger partial charge in [-0.25, -0.2) is 13.2 Å². The van der Waals surface area contributed by atoms with Crippen LogP contribution < -0.4 is 9.62 Å². The highest BCUT2D eigenvalue weighted by Crippen LogP contribution is 2.24. The number of hydrogen-bond donors (Lipinski definition) is 1. The molecule has 0 aliphatic carbocycles. The maximum atomic E-state index is 13.1. The van der Waals surface area contributed by atoms with Crippen molar-refractivity contribution in [1.82, 2.24) is 0 Å². The molecule has 0 heterocycles. The second kappa shape index (κ2) is 10.6. The zero-order chi connectivity index (χ0) is 24.7. The van der Waals surface area contributed by atoms with Gasteiger partial charge in [0.1, 0.15) is 0 Å². The number of sulfonamides is 1. The van der Waals surface area contributed by atoms with Crippen LogP contribution in [0, 0.1) is 10.1 Å². The van der Waals surface area contributed by atoms with Crippen LogP contribution in [-0.4, -0.2) is 38.4 Å². The Kier molecular flexibility index (Phi) is 7.59. The highest BCUT2D eigenvalue weighted by atomic mass is 32.2. The van der Waals surface area contributed by atoms with Crippen molar-refractivity contribution < 1.29 is 27.7 Å². The molecule has 0 saturated carbocycles. The fourth-order valence-electron chi connectivity index (χ4n) is 3.11. The molecule has 34 heavy (non-hydrogen) atoms. The van der Waals surface area contributed by atoms with Gasteiger partial charge in [-0.1, -0.05) is 30.3 Å². The number of esters is 1. The molecule has 11 heteroatoms. The van der Waals surface area contributed by atoms with Crippen molar-refractivity contribution >= 4 is 39.0 Å². The van der Waals surface area contributed by atoms with Crippen LogP contribution in [0.5, 0.6) is 0 Å². The lowest BCUT2D eigenvalue weighted by Gasteiger charge is -2.23. The van der Waals surface area contributed by atoms with Crippen LogP contribution in [0.1, 0.15) is 17.3 Å². The van der Waals surface area contributed by atoms with Crippen molar-refractivity contribution in [3.05, 3.63) is 94.5 Å². The monoisotopic (exact) mass is 483 g/mol. The van der Waals surface area contributed by atoms with Crippen molar-refractivity contribution in [1.29, 1.82) is 0 Å². The number of anilines is 2. The number of carbonyl (C=O) groups is 2. The molecule has 0 aromatic heterocycles. The van der Waals surface area contributed by atoms with Crippen LogP contribution >= 0.6 is 0 Å². The summed E-state index contributed by atoms with van der Waals surface area (Å²) in [5.74, 6) is -1.60. The average Bonchev–Trinajstić information content (AvgIpc) is 2.83. The quantitative estimate of drug-likeness (QED) is 0.279. The molecule has 0 fully saturated rings. The minimum atomic E-state index is -3.95.